The van der Waals surface area contributed by atoms with Gasteiger partial charge in [0.05, 0.1) is 5.82 Å². The van der Waals surface area contributed by atoms with Crippen molar-refractivity contribution < 1.29 is 13.2 Å². The van der Waals surface area contributed by atoms with Crippen LogP contribution in [0.5, 0.6) is 0 Å². The summed E-state index contributed by atoms with van der Waals surface area (Å²) in [6.07, 6.45) is 2.61. The lowest BCUT2D eigenvalue weighted by molar-refractivity contribution is 0.492. The maximum absolute atomic E-state index is 13.3. The number of benzene rings is 1. The first-order valence-corrected chi connectivity index (χ1v) is 4.71. The number of allylic oxidation sites excluding steroid dienone is 2. The topological polar surface area (TPSA) is 64.1 Å². The molecule has 0 atom stereocenters. The lowest BCUT2D eigenvalue weighted by Crippen LogP contribution is -2.14. The van der Waals surface area contributed by atoms with E-state index in [1.165, 1.54) is 12.2 Å². The molecule has 0 saturated carbocycles. The van der Waals surface area contributed by atoms with Crippen molar-refractivity contribution >= 4 is 5.70 Å². The summed E-state index contributed by atoms with van der Waals surface area (Å²) in [5, 5.41) is 2.61. The molecule has 0 aliphatic rings. The summed E-state index contributed by atoms with van der Waals surface area (Å²) in [5.74, 6) is -3.11. The van der Waals surface area contributed by atoms with Crippen LogP contribution in [0.3, 0.4) is 0 Å². The molecule has 1 aromatic carbocycles. The van der Waals surface area contributed by atoms with E-state index in [1.807, 2.05) is 0 Å². The molecule has 92 valence electrons. The van der Waals surface area contributed by atoms with Gasteiger partial charge in [-0.25, -0.2) is 13.2 Å². The van der Waals surface area contributed by atoms with Gasteiger partial charge in [0, 0.05) is 24.4 Å². The molecule has 0 heterocycles. The molecule has 0 radical (unpaired) electrons. The Morgan fingerprint density at radius 1 is 1.18 bits per heavy atom. The van der Waals surface area contributed by atoms with E-state index in [2.05, 4.69) is 5.32 Å². The fraction of sp³-hybridized carbons (Fsp3) is 0.0909. The molecule has 5 N–H and O–H groups in total. The third-order valence-corrected chi connectivity index (χ3v) is 2.04. The van der Waals surface area contributed by atoms with Crippen molar-refractivity contribution in [2.75, 3.05) is 7.05 Å². The lowest BCUT2D eigenvalue weighted by Gasteiger charge is -2.04. The summed E-state index contributed by atoms with van der Waals surface area (Å²) < 4.78 is 39.1. The van der Waals surface area contributed by atoms with Crippen molar-refractivity contribution in [1.82, 2.24) is 5.32 Å². The van der Waals surface area contributed by atoms with Gasteiger partial charge in [-0.1, -0.05) is 0 Å². The van der Waals surface area contributed by atoms with Crippen LogP contribution in [-0.2, 0) is 0 Å². The first kappa shape index (κ1) is 13.0. The number of hydrogen-bond donors (Lipinski definition) is 3. The third-order valence-electron chi connectivity index (χ3n) is 2.04. The molecule has 0 amide bonds. The van der Waals surface area contributed by atoms with Crippen molar-refractivity contribution in [2.45, 2.75) is 0 Å². The van der Waals surface area contributed by atoms with Gasteiger partial charge in [0.2, 0.25) is 0 Å². The molecule has 0 spiro atoms. The van der Waals surface area contributed by atoms with E-state index in [1.54, 1.807) is 7.05 Å². The number of nitrogens with one attached hydrogen (secondary N) is 1. The van der Waals surface area contributed by atoms with Gasteiger partial charge in [0.25, 0.3) is 0 Å². The van der Waals surface area contributed by atoms with Crippen molar-refractivity contribution in [1.29, 1.82) is 0 Å². The Balaban J connectivity index is 3.16. The van der Waals surface area contributed by atoms with Crippen LogP contribution in [-0.4, -0.2) is 7.05 Å². The van der Waals surface area contributed by atoms with E-state index in [0.717, 1.165) is 6.07 Å². The molecular weight excluding hydrogens is 231 g/mol. The number of hydrogen-bond acceptors (Lipinski definition) is 3. The van der Waals surface area contributed by atoms with E-state index in [4.69, 9.17) is 11.5 Å². The lowest BCUT2D eigenvalue weighted by atomic mass is 10.1. The zero-order chi connectivity index (χ0) is 13.0. The Morgan fingerprint density at radius 2 is 1.82 bits per heavy atom. The molecule has 0 aliphatic carbocycles. The molecule has 1 aromatic rings. The monoisotopic (exact) mass is 243 g/mol. The molecule has 0 aliphatic heterocycles. The Morgan fingerprint density at radius 3 is 2.41 bits per heavy atom. The molecule has 17 heavy (non-hydrogen) atoms. The summed E-state index contributed by atoms with van der Waals surface area (Å²) in [5.41, 5.74) is 10.4. The third kappa shape index (κ3) is 3.17. The highest BCUT2D eigenvalue weighted by Gasteiger charge is 2.12. The van der Waals surface area contributed by atoms with Crippen LogP contribution < -0.4 is 16.8 Å². The van der Waals surface area contributed by atoms with Crippen LogP contribution >= 0.6 is 0 Å². The van der Waals surface area contributed by atoms with E-state index in [-0.39, 0.29) is 17.1 Å². The Labute approximate surface area is 96.6 Å². The molecular formula is C11H12F3N3. The van der Waals surface area contributed by atoms with Crippen LogP contribution in [0.2, 0.25) is 0 Å². The summed E-state index contributed by atoms with van der Waals surface area (Å²) in [7, 11) is 1.58. The molecule has 0 saturated heterocycles. The fourth-order valence-electron chi connectivity index (χ4n) is 1.12. The second kappa shape index (κ2) is 5.29. The van der Waals surface area contributed by atoms with Gasteiger partial charge in [0.1, 0.15) is 5.82 Å². The number of nitrogens with two attached hydrogens (primary N) is 2. The van der Waals surface area contributed by atoms with Crippen LogP contribution in [0.1, 0.15) is 5.56 Å². The molecule has 0 unspecified atom stereocenters. The van der Waals surface area contributed by atoms with E-state index >= 15 is 0 Å². The first-order chi connectivity index (χ1) is 7.95. The second-order valence-electron chi connectivity index (χ2n) is 3.24. The van der Waals surface area contributed by atoms with E-state index in [9.17, 15) is 13.2 Å². The summed E-state index contributed by atoms with van der Waals surface area (Å²) >= 11 is 0. The highest BCUT2D eigenvalue weighted by atomic mass is 19.2. The standard InChI is InChI=1S/C11H12F3N3/c1-17-10(16)3-2-9(15)7-4-6(12)5-8(13)11(7)14/h2-5,17H,15-16H2,1H3/b9-2-,10-3+. The second-order valence-corrected chi connectivity index (χ2v) is 3.24. The van der Waals surface area contributed by atoms with Crippen molar-refractivity contribution in [3.8, 4) is 0 Å². The smallest absolute Gasteiger partial charge is 0.168 e. The average Bonchev–Trinajstić information content (AvgIpc) is 2.30. The zero-order valence-corrected chi connectivity index (χ0v) is 9.10. The molecule has 1 rings (SSSR count). The van der Waals surface area contributed by atoms with Gasteiger partial charge >= 0.3 is 0 Å². The average molecular weight is 243 g/mol. The molecule has 3 nitrogen and oxygen atoms in total. The van der Waals surface area contributed by atoms with E-state index < -0.39 is 17.5 Å². The minimum atomic E-state index is -1.29. The molecule has 0 aromatic heterocycles. The maximum Gasteiger partial charge on any atom is 0.168 e. The van der Waals surface area contributed by atoms with Gasteiger partial charge < -0.3 is 16.8 Å². The fourth-order valence-corrected chi connectivity index (χ4v) is 1.12. The quantitative estimate of drug-likeness (QED) is 0.555. The largest absolute Gasteiger partial charge is 0.398 e. The Kier molecular flexibility index (Phi) is 4.03. The number of rotatable bonds is 3. The van der Waals surface area contributed by atoms with Gasteiger partial charge in [-0.15, -0.1) is 0 Å². The van der Waals surface area contributed by atoms with Crippen molar-refractivity contribution in [2.24, 2.45) is 11.5 Å². The summed E-state index contributed by atoms with van der Waals surface area (Å²) in [6.45, 7) is 0. The minimum absolute atomic E-state index is 0.126. The first-order valence-electron chi connectivity index (χ1n) is 4.71. The molecule has 6 heteroatoms. The maximum atomic E-state index is 13.3. The Bertz CT molecular complexity index is 481. The van der Waals surface area contributed by atoms with E-state index in [0.29, 0.717) is 6.07 Å². The van der Waals surface area contributed by atoms with Crippen LogP contribution in [0.25, 0.3) is 5.70 Å². The van der Waals surface area contributed by atoms with Crippen molar-refractivity contribution in [3.63, 3.8) is 0 Å². The molecule has 0 bridgehead atoms. The van der Waals surface area contributed by atoms with Gasteiger partial charge in [-0.3, -0.25) is 0 Å². The minimum Gasteiger partial charge on any atom is -0.398 e. The normalized spacial score (nSPS) is 12.7. The SMILES string of the molecule is CN/C(N)=C/C=C(\N)c1cc(F)cc(F)c1F. The van der Waals surface area contributed by atoms with Crippen LogP contribution in [0, 0.1) is 17.5 Å². The van der Waals surface area contributed by atoms with Gasteiger partial charge in [0.15, 0.2) is 11.6 Å². The summed E-state index contributed by atoms with van der Waals surface area (Å²) in [6, 6.07) is 1.26. The summed E-state index contributed by atoms with van der Waals surface area (Å²) in [4.78, 5) is 0. The molecule has 0 fully saturated rings. The predicted molar refractivity (Wildman–Crippen MR) is 59.8 cm³/mol. The van der Waals surface area contributed by atoms with Crippen molar-refractivity contribution in [3.05, 3.63) is 53.1 Å². The zero-order valence-electron chi connectivity index (χ0n) is 9.10. The van der Waals surface area contributed by atoms with Crippen LogP contribution in [0.4, 0.5) is 13.2 Å². The van der Waals surface area contributed by atoms with Crippen LogP contribution in [0.15, 0.2) is 30.1 Å². The highest BCUT2D eigenvalue weighted by molar-refractivity contribution is 5.64. The highest BCUT2D eigenvalue weighted by Crippen LogP contribution is 2.18. The van der Waals surface area contributed by atoms with Gasteiger partial charge in [-0.05, 0) is 18.2 Å². The van der Waals surface area contributed by atoms with Gasteiger partial charge in [-0.2, -0.15) is 0 Å². The Hall–Kier alpha value is -2.11. The number of halogens is 3. The predicted octanol–water partition coefficient (Wildman–Crippen LogP) is 1.42.